The van der Waals surface area contributed by atoms with E-state index in [0.717, 1.165) is 18.4 Å². The van der Waals surface area contributed by atoms with Crippen LogP contribution in [-0.4, -0.2) is 24.0 Å². The van der Waals surface area contributed by atoms with Crippen LogP contribution in [0.4, 0.5) is 0 Å². The second-order valence-electron chi connectivity index (χ2n) is 5.44. The number of thiophene rings is 1. The Morgan fingerprint density at radius 2 is 2.22 bits per heavy atom. The molecule has 0 aromatic carbocycles. The fraction of sp³-hybridized carbons (Fsp3) is 0.692. The Morgan fingerprint density at radius 3 is 2.89 bits per heavy atom. The molecule has 3 unspecified atom stereocenters. The van der Waals surface area contributed by atoms with Gasteiger partial charge in [0.05, 0.1) is 0 Å². The highest BCUT2D eigenvalue weighted by atomic mass is 79.9. The summed E-state index contributed by atoms with van der Waals surface area (Å²) in [5.41, 5.74) is 6.25. The second kappa shape index (κ2) is 6.23. The van der Waals surface area contributed by atoms with E-state index < -0.39 is 0 Å². The van der Waals surface area contributed by atoms with E-state index >= 15 is 0 Å². The smallest absolute Gasteiger partial charge is 0.0328 e. The van der Waals surface area contributed by atoms with Crippen molar-refractivity contribution in [2.24, 2.45) is 17.6 Å². The van der Waals surface area contributed by atoms with Crippen molar-refractivity contribution in [3.63, 3.8) is 0 Å². The highest BCUT2D eigenvalue weighted by molar-refractivity contribution is 9.10. The Labute approximate surface area is 127 Å². The molecule has 1 aliphatic heterocycles. The molecular weight excluding hydrogens is 332 g/mol. The number of nitrogens with zero attached hydrogens (tertiary/aromatic N) is 1. The lowest BCUT2D eigenvalue weighted by atomic mass is 9.78. The van der Waals surface area contributed by atoms with Gasteiger partial charge in [0.15, 0.2) is 0 Å². The minimum Gasteiger partial charge on any atom is -0.327 e. The maximum Gasteiger partial charge on any atom is 0.0328 e. The Morgan fingerprint density at radius 1 is 1.39 bits per heavy atom. The van der Waals surface area contributed by atoms with Crippen LogP contribution in [0.1, 0.15) is 24.1 Å². The van der Waals surface area contributed by atoms with Crippen LogP contribution in [-0.2, 0) is 6.54 Å². The van der Waals surface area contributed by atoms with Crippen molar-refractivity contribution in [2.75, 3.05) is 13.1 Å². The highest BCUT2D eigenvalue weighted by Crippen LogP contribution is 2.36. The van der Waals surface area contributed by atoms with Crippen molar-refractivity contribution in [3.05, 3.63) is 20.8 Å². The van der Waals surface area contributed by atoms with Crippen molar-refractivity contribution in [3.8, 4) is 0 Å². The van der Waals surface area contributed by atoms with Crippen LogP contribution >= 0.6 is 39.7 Å². The minimum atomic E-state index is 0. The zero-order valence-corrected chi connectivity index (χ0v) is 13.6. The van der Waals surface area contributed by atoms with Crippen LogP contribution in [0.25, 0.3) is 0 Å². The average Bonchev–Trinajstić information content (AvgIpc) is 2.86. The molecule has 3 atom stereocenters. The van der Waals surface area contributed by atoms with E-state index in [4.69, 9.17) is 5.73 Å². The fourth-order valence-electron chi connectivity index (χ4n) is 3.40. The maximum atomic E-state index is 6.25. The predicted molar refractivity (Wildman–Crippen MR) is 83.4 cm³/mol. The van der Waals surface area contributed by atoms with Crippen LogP contribution in [0.2, 0.25) is 0 Å². The molecule has 1 saturated heterocycles. The first-order valence-electron chi connectivity index (χ1n) is 6.43. The second-order valence-corrected chi connectivity index (χ2v) is 7.36. The summed E-state index contributed by atoms with van der Waals surface area (Å²) in [5.74, 6) is 1.62. The summed E-state index contributed by atoms with van der Waals surface area (Å²) in [5, 5.41) is 2.17. The van der Waals surface area contributed by atoms with Gasteiger partial charge in [-0.15, -0.1) is 23.7 Å². The molecule has 1 saturated carbocycles. The van der Waals surface area contributed by atoms with Crippen LogP contribution in [0.5, 0.6) is 0 Å². The average molecular weight is 352 g/mol. The molecule has 3 rings (SSSR count). The van der Waals surface area contributed by atoms with E-state index in [9.17, 15) is 0 Å². The van der Waals surface area contributed by atoms with Crippen molar-refractivity contribution >= 4 is 39.7 Å². The van der Waals surface area contributed by atoms with Gasteiger partial charge in [-0.05, 0) is 46.7 Å². The summed E-state index contributed by atoms with van der Waals surface area (Å²) >= 11 is 5.37. The predicted octanol–water partition coefficient (Wildman–Crippen LogP) is 3.49. The van der Waals surface area contributed by atoms with Gasteiger partial charge >= 0.3 is 0 Å². The molecule has 0 radical (unpaired) electrons. The van der Waals surface area contributed by atoms with Crippen molar-refractivity contribution in [1.82, 2.24) is 4.90 Å². The van der Waals surface area contributed by atoms with Gasteiger partial charge in [-0.2, -0.15) is 0 Å². The lowest BCUT2D eigenvalue weighted by Crippen LogP contribution is -2.38. The molecule has 1 aromatic rings. The van der Waals surface area contributed by atoms with Crippen LogP contribution in [0.3, 0.4) is 0 Å². The number of likely N-dealkylation sites (tertiary alicyclic amines) is 1. The van der Waals surface area contributed by atoms with E-state index in [1.54, 1.807) is 0 Å². The molecule has 2 fully saturated rings. The Bertz CT molecular complexity index is 398. The monoisotopic (exact) mass is 350 g/mol. The largest absolute Gasteiger partial charge is 0.327 e. The summed E-state index contributed by atoms with van der Waals surface area (Å²) in [7, 11) is 0. The molecule has 0 spiro atoms. The Balaban J connectivity index is 0.00000120. The van der Waals surface area contributed by atoms with Crippen LogP contribution in [0, 0.1) is 11.8 Å². The molecule has 2 aliphatic rings. The number of rotatable bonds is 2. The molecule has 1 aromatic heterocycles. The SMILES string of the molecule is Cl.NC1CCCC2CN(Cc3cc(Br)cs3)CC12. The molecule has 2 heterocycles. The molecule has 0 amide bonds. The number of nitrogens with two attached hydrogens (primary N) is 1. The van der Waals surface area contributed by atoms with Crippen LogP contribution < -0.4 is 5.73 Å². The summed E-state index contributed by atoms with van der Waals surface area (Å²) in [6.07, 6.45) is 3.96. The number of hydrogen-bond acceptors (Lipinski definition) is 3. The Hall–Kier alpha value is 0.390. The standard InChI is InChI=1S/C13H19BrN2S.ClH/c14-10-4-11(17-8-10)6-16-5-9-2-1-3-13(15)12(9)7-16;/h4,8-9,12-13H,1-3,5-7,15H2;1H. The lowest BCUT2D eigenvalue weighted by Gasteiger charge is -2.29. The molecule has 2 N–H and O–H groups in total. The van der Waals surface area contributed by atoms with E-state index in [-0.39, 0.29) is 12.4 Å². The quantitative estimate of drug-likeness (QED) is 0.883. The summed E-state index contributed by atoms with van der Waals surface area (Å²) < 4.78 is 1.21. The number of hydrogen-bond donors (Lipinski definition) is 1. The first kappa shape index (κ1) is 14.8. The molecule has 1 aliphatic carbocycles. The third kappa shape index (κ3) is 3.10. The molecule has 102 valence electrons. The molecule has 0 bridgehead atoms. The Kier molecular flexibility index (Phi) is 5.12. The van der Waals surface area contributed by atoms with Gasteiger partial charge in [0.25, 0.3) is 0 Å². The van der Waals surface area contributed by atoms with E-state index in [1.807, 2.05) is 11.3 Å². The van der Waals surface area contributed by atoms with E-state index in [1.165, 1.54) is 41.7 Å². The molecule has 2 nitrogen and oxygen atoms in total. The summed E-state index contributed by atoms with van der Waals surface area (Å²) in [4.78, 5) is 4.06. The summed E-state index contributed by atoms with van der Waals surface area (Å²) in [6.45, 7) is 3.57. The van der Waals surface area contributed by atoms with Gasteiger partial charge in [0.1, 0.15) is 0 Å². The molecule has 5 heteroatoms. The van der Waals surface area contributed by atoms with Crippen molar-refractivity contribution < 1.29 is 0 Å². The number of halogens is 2. The van der Waals surface area contributed by atoms with Gasteiger partial charge < -0.3 is 5.73 Å². The van der Waals surface area contributed by atoms with Crippen molar-refractivity contribution in [2.45, 2.75) is 31.8 Å². The zero-order chi connectivity index (χ0) is 11.8. The van der Waals surface area contributed by atoms with Gasteiger partial charge in [0.2, 0.25) is 0 Å². The first-order chi connectivity index (χ1) is 8.22. The van der Waals surface area contributed by atoms with E-state index in [0.29, 0.717) is 6.04 Å². The lowest BCUT2D eigenvalue weighted by molar-refractivity contribution is 0.259. The van der Waals surface area contributed by atoms with Crippen molar-refractivity contribution in [1.29, 1.82) is 0 Å². The van der Waals surface area contributed by atoms with Gasteiger partial charge in [-0.25, -0.2) is 0 Å². The molecule has 18 heavy (non-hydrogen) atoms. The topological polar surface area (TPSA) is 29.3 Å². The fourth-order valence-corrected chi connectivity index (χ4v) is 4.89. The number of fused-ring (bicyclic) bond motifs is 1. The van der Waals surface area contributed by atoms with Crippen LogP contribution in [0.15, 0.2) is 15.9 Å². The van der Waals surface area contributed by atoms with E-state index in [2.05, 4.69) is 32.3 Å². The highest BCUT2D eigenvalue weighted by Gasteiger charge is 2.38. The third-order valence-corrected chi connectivity index (χ3v) is 5.91. The maximum absolute atomic E-state index is 6.25. The zero-order valence-electron chi connectivity index (χ0n) is 10.3. The minimum absolute atomic E-state index is 0. The summed E-state index contributed by atoms with van der Waals surface area (Å²) in [6, 6.07) is 2.70. The van der Waals surface area contributed by atoms with Gasteiger partial charge in [0, 0.05) is 40.4 Å². The van der Waals surface area contributed by atoms with Gasteiger partial charge in [-0.3, -0.25) is 4.90 Å². The first-order valence-corrected chi connectivity index (χ1v) is 8.10. The normalized spacial score (nSPS) is 32.0. The van der Waals surface area contributed by atoms with Gasteiger partial charge in [-0.1, -0.05) is 6.42 Å². The molecular formula is C13H20BrClN2S. The third-order valence-electron chi connectivity index (χ3n) is 4.23.